The number of benzene rings is 2. The van der Waals surface area contributed by atoms with E-state index in [4.69, 9.17) is 13.9 Å². The summed E-state index contributed by atoms with van der Waals surface area (Å²) in [7, 11) is 1.57. The van der Waals surface area contributed by atoms with Gasteiger partial charge >= 0.3 is 5.97 Å². The molecule has 29 heavy (non-hydrogen) atoms. The predicted octanol–water partition coefficient (Wildman–Crippen LogP) is 4.79. The van der Waals surface area contributed by atoms with Crippen molar-refractivity contribution in [3.63, 3.8) is 0 Å². The largest absolute Gasteiger partial charge is 0.497 e. The quantitative estimate of drug-likeness (QED) is 0.476. The van der Waals surface area contributed by atoms with Crippen molar-refractivity contribution in [2.75, 3.05) is 19.0 Å². The van der Waals surface area contributed by atoms with E-state index in [0.717, 1.165) is 4.70 Å². The molecule has 0 bridgehead atoms. The molecule has 2 heterocycles. The zero-order valence-corrected chi connectivity index (χ0v) is 16.9. The Morgan fingerprint density at radius 3 is 2.79 bits per heavy atom. The number of hydrogen-bond acceptors (Lipinski definition) is 7. The molecule has 8 heteroatoms. The van der Waals surface area contributed by atoms with Crippen LogP contribution in [0, 0.1) is 6.92 Å². The van der Waals surface area contributed by atoms with Crippen LogP contribution < -0.4 is 10.1 Å². The fourth-order valence-electron chi connectivity index (χ4n) is 3.09. The molecule has 2 aromatic carbocycles. The van der Waals surface area contributed by atoms with E-state index < -0.39 is 0 Å². The summed E-state index contributed by atoms with van der Waals surface area (Å²) in [6, 6.07) is 10.4. The second kappa shape index (κ2) is 7.56. The van der Waals surface area contributed by atoms with E-state index in [1.54, 1.807) is 57.4 Å². The first-order valence-electron chi connectivity index (χ1n) is 8.96. The second-order valence-electron chi connectivity index (χ2n) is 6.27. The Morgan fingerprint density at radius 2 is 2.03 bits per heavy atom. The third kappa shape index (κ3) is 3.54. The number of rotatable bonds is 5. The molecule has 148 valence electrons. The van der Waals surface area contributed by atoms with Gasteiger partial charge in [-0.05, 0) is 50.2 Å². The van der Waals surface area contributed by atoms with Gasteiger partial charge in [-0.3, -0.25) is 10.1 Å². The SMILES string of the molecule is CCOC(=O)c1ccc2nc(NC(=O)c3c(C)oc4ccc(OC)cc34)sc2c1. The highest BCUT2D eigenvalue weighted by molar-refractivity contribution is 7.22. The second-order valence-corrected chi connectivity index (χ2v) is 7.30. The summed E-state index contributed by atoms with van der Waals surface area (Å²) in [5.41, 5.74) is 2.18. The van der Waals surface area contributed by atoms with Crippen LogP contribution in [0.2, 0.25) is 0 Å². The Balaban J connectivity index is 1.65. The number of nitrogens with zero attached hydrogens (tertiary/aromatic N) is 1. The average molecular weight is 410 g/mol. The van der Waals surface area contributed by atoms with E-state index in [0.29, 0.717) is 50.9 Å². The minimum atomic E-state index is -0.386. The van der Waals surface area contributed by atoms with Crippen LogP contribution in [-0.4, -0.2) is 30.6 Å². The van der Waals surface area contributed by atoms with E-state index in [-0.39, 0.29) is 11.9 Å². The summed E-state index contributed by atoms with van der Waals surface area (Å²) in [6.45, 7) is 3.81. The van der Waals surface area contributed by atoms with Gasteiger partial charge in [-0.2, -0.15) is 0 Å². The Morgan fingerprint density at radius 1 is 1.21 bits per heavy atom. The van der Waals surface area contributed by atoms with Crippen LogP contribution in [0.5, 0.6) is 5.75 Å². The lowest BCUT2D eigenvalue weighted by atomic mass is 10.1. The maximum atomic E-state index is 12.9. The summed E-state index contributed by atoms with van der Waals surface area (Å²) in [6.07, 6.45) is 0. The molecule has 0 spiro atoms. The van der Waals surface area contributed by atoms with Crippen molar-refractivity contribution in [3.8, 4) is 5.75 Å². The molecular weight excluding hydrogens is 392 g/mol. The monoisotopic (exact) mass is 410 g/mol. The molecule has 0 saturated heterocycles. The molecule has 4 rings (SSSR count). The first-order valence-corrected chi connectivity index (χ1v) is 9.78. The summed E-state index contributed by atoms with van der Waals surface area (Å²) >= 11 is 1.29. The van der Waals surface area contributed by atoms with Gasteiger partial charge in [0.25, 0.3) is 5.91 Å². The van der Waals surface area contributed by atoms with Crippen molar-refractivity contribution in [2.45, 2.75) is 13.8 Å². The number of aromatic nitrogens is 1. The van der Waals surface area contributed by atoms with Gasteiger partial charge in [0.1, 0.15) is 17.1 Å². The number of anilines is 1. The van der Waals surface area contributed by atoms with Crippen LogP contribution in [0.4, 0.5) is 5.13 Å². The molecule has 4 aromatic rings. The number of ether oxygens (including phenoxy) is 2. The third-order valence-corrected chi connectivity index (χ3v) is 5.35. The van der Waals surface area contributed by atoms with Gasteiger partial charge < -0.3 is 13.9 Å². The summed E-state index contributed by atoms with van der Waals surface area (Å²) in [4.78, 5) is 29.3. The molecule has 1 N–H and O–H groups in total. The number of methoxy groups -OCH3 is 1. The highest BCUT2D eigenvalue weighted by Gasteiger charge is 2.20. The van der Waals surface area contributed by atoms with E-state index >= 15 is 0 Å². The van der Waals surface area contributed by atoms with E-state index in [1.807, 2.05) is 0 Å². The number of carbonyl (C=O) groups excluding carboxylic acids is 2. The van der Waals surface area contributed by atoms with E-state index in [1.165, 1.54) is 11.3 Å². The van der Waals surface area contributed by atoms with Gasteiger partial charge in [0, 0.05) is 5.39 Å². The molecule has 0 atom stereocenters. The Bertz CT molecular complexity index is 1240. The number of hydrogen-bond donors (Lipinski definition) is 1. The first kappa shape index (κ1) is 18.9. The molecule has 0 fully saturated rings. The summed E-state index contributed by atoms with van der Waals surface area (Å²) < 4.78 is 16.8. The Hall–Kier alpha value is -3.39. The highest BCUT2D eigenvalue weighted by atomic mass is 32.1. The minimum Gasteiger partial charge on any atom is -0.497 e. The molecule has 0 aliphatic carbocycles. The standard InChI is InChI=1S/C21H18N2O5S/c1-4-27-20(25)12-5-7-15-17(9-12)29-21(22-15)23-19(24)18-11(2)28-16-8-6-13(26-3)10-14(16)18/h5-10H,4H2,1-3H3,(H,22,23,24). The fraction of sp³-hybridized carbons (Fsp3) is 0.190. The predicted molar refractivity (Wildman–Crippen MR) is 111 cm³/mol. The van der Waals surface area contributed by atoms with Gasteiger partial charge in [-0.1, -0.05) is 11.3 Å². The molecule has 0 aliphatic rings. The van der Waals surface area contributed by atoms with Crippen molar-refractivity contribution in [3.05, 3.63) is 53.3 Å². The number of fused-ring (bicyclic) bond motifs is 2. The van der Waals surface area contributed by atoms with E-state index in [9.17, 15) is 9.59 Å². The first-order chi connectivity index (χ1) is 14.0. The van der Waals surface area contributed by atoms with Crippen molar-refractivity contribution < 1.29 is 23.5 Å². The number of furan rings is 1. The van der Waals surface area contributed by atoms with Gasteiger partial charge in [-0.15, -0.1) is 0 Å². The van der Waals surface area contributed by atoms with Gasteiger partial charge in [0.2, 0.25) is 0 Å². The maximum Gasteiger partial charge on any atom is 0.338 e. The number of nitrogens with one attached hydrogen (secondary N) is 1. The number of esters is 1. The number of aryl methyl sites for hydroxylation is 1. The number of amides is 1. The third-order valence-electron chi connectivity index (χ3n) is 4.42. The molecule has 0 radical (unpaired) electrons. The van der Waals surface area contributed by atoms with Gasteiger partial charge in [0.05, 0.1) is 35.1 Å². The van der Waals surface area contributed by atoms with Crippen LogP contribution in [0.1, 0.15) is 33.4 Å². The van der Waals surface area contributed by atoms with E-state index in [2.05, 4.69) is 10.3 Å². The molecule has 0 aliphatic heterocycles. The molecular formula is C21H18N2O5S. The Labute approximate surface area is 170 Å². The summed E-state index contributed by atoms with van der Waals surface area (Å²) in [5.74, 6) is 0.442. The zero-order chi connectivity index (χ0) is 20.5. The van der Waals surface area contributed by atoms with Crippen LogP contribution in [0.25, 0.3) is 21.2 Å². The van der Waals surface area contributed by atoms with Crippen LogP contribution in [0.15, 0.2) is 40.8 Å². The van der Waals surface area contributed by atoms with Crippen LogP contribution in [0.3, 0.4) is 0 Å². The topological polar surface area (TPSA) is 90.7 Å². The lowest BCUT2D eigenvalue weighted by Crippen LogP contribution is -2.12. The Kier molecular flexibility index (Phi) is 4.94. The summed E-state index contributed by atoms with van der Waals surface area (Å²) in [5, 5.41) is 3.93. The maximum absolute atomic E-state index is 12.9. The number of thiazole rings is 1. The molecule has 7 nitrogen and oxygen atoms in total. The van der Waals surface area contributed by atoms with Crippen molar-refractivity contribution >= 4 is 49.5 Å². The van der Waals surface area contributed by atoms with Crippen molar-refractivity contribution in [2.24, 2.45) is 0 Å². The normalized spacial score (nSPS) is 11.0. The fourth-order valence-corrected chi connectivity index (χ4v) is 3.99. The number of carbonyl (C=O) groups is 2. The van der Waals surface area contributed by atoms with Gasteiger partial charge in [0.15, 0.2) is 5.13 Å². The molecule has 1 amide bonds. The van der Waals surface area contributed by atoms with Crippen molar-refractivity contribution in [1.29, 1.82) is 0 Å². The zero-order valence-electron chi connectivity index (χ0n) is 16.1. The molecule has 0 unspecified atom stereocenters. The lowest BCUT2D eigenvalue weighted by molar-refractivity contribution is 0.0526. The minimum absolute atomic E-state index is 0.309. The average Bonchev–Trinajstić information content (AvgIpc) is 3.25. The van der Waals surface area contributed by atoms with Crippen LogP contribution >= 0.6 is 11.3 Å². The highest BCUT2D eigenvalue weighted by Crippen LogP contribution is 2.31. The molecule has 0 saturated carbocycles. The van der Waals surface area contributed by atoms with Crippen molar-refractivity contribution in [1.82, 2.24) is 4.98 Å². The smallest absolute Gasteiger partial charge is 0.338 e. The lowest BCUT2D eigenvalue weighted by Gasteiger charge is -2.02. The van der Waals surface area contributed by atoms with Gasteiger partial charge in [-0.25, -0.2) is 9.78 Å². The molecule has 2 aromatic heterocycles. The van der Waals surface area contributed by atoms with Crippen LogP contribution in [-0.2, 0) is 4.74 Å².